The van der Waals surface area contributed by atoms with Crippen LogP contribution in [-0.2, 0) is 6.42 Å². The molecule has 0 radical (unpaired) electrons. The number of fused-ring (bicyclic) bond motifs is 1. The molecule has 0 spiro atoms. The Bertz CT molecular complexity index is 423. The number of aromatic nitrogens is 2. The van der Waals surface area contributed by atoms with E-state index in [1.54, 1.807) is 0 Å². The van der Waals surface area contributed by atoms with Gasteiger partial charge in [0.2, 0.25) is 0 Å². The standard InChI is InChI=1S/C14H24N4/c1-9(2)18-8-4-7-12(18)14-13-10(15)5-3-6-11(13)16-17-14/h9-10,12H,3-8,15H2,1-2H3,(H,16,17)/t10-,12+/m0/s1. The molecule has 4 nitrogen and oxygen atoms in total. The van der Waals surface area contributed by atoms with Gasteiger partial charge in [-0.2, -0.15) is 5.10 Å². The molecule has 0 aromatic carbocycles. The first-order valence-electron chi connectivity index (χ1n) is 7.27. The Labute approximate surface area is 109 Å². The third-order valence-corrected chi connectivity index (χ3v) is 4.50. The molecule has 1 aromatic heterocycles. The van der Waals surface area contributed by atoms with Crippen LogP contribution in [0.4, 0.5) is 0 Å². The number of hydrogen-bond donors (Lipinski definition) is 2. The van der Waals surface area contributed by atoms with Crippen molar-refractivity contribution in [2.75, 3.05) is 6.54 Å². The molecule has 1 fully saturated rings. The van der Waals surface area contributed by atoms with E-state index in [4.69, 9.17) is 5.73 Å². The molecule has 2 atom stereocenters. The van der Waals surface area contributed by atoms with Crippen LogP contribution in [0.3, 0.4) is 0 Å². The molecule has 4 heteroatoms. The number of likely N-dealkylation sites (tertiary alicyclic amines) is 1. The highest BCUT2D eigenvalue weighted by Gasteiger charge is 2.34. The molecule has 3 N–H and O–H groups in total. The predicted octanol–water partition coefficient (Wildman–Crippen LogP) is 2.29. The minimum absolute atomic E-state index is 0.192. The van der Waals surface area contributed by atoms with Crippen molar-refractivity contribution in [1.29, 1.82) is 0 Å². The second-order valence-corrected chi connectivity index (χ2v) is 5.99. The van der Waals surface area contributed by atoms with Gasteiger partial charge in [0.05, 0.1) is 11.7 Å². The molecule has 2 aliphatic rings. The van der Waals surface area contributed by atoms with Gasteiger partial charge in [0.25, 0.3) is 0 Å². The summed E-state index contributed by atoms with van der Waals surface area (Å²) in [5, 5.41) is 7.85. The Kier molecular flexibility index (Phi) is 3.16. The molecular weight excluding hydrogens is 224 g/mol. The summed E-state index contributed by atoms with van der Waals surface area (Å²) >= 11 is 0. The van der Waals surface area contributed by atoms with Crippen molar-refractivity contribution in [3.8, 4) is 0 Å². The Morgan fingerprint density at radius 2 is 2.17 bits per heavy atom. The Morgan fingerprint density at radius 3 is 2.94 bits per heavy atom. The number of aromatic amines is 1. The molecule has 0 unspecified atom stereocenters. The van der Waals surface area contributed by atoms with Crippen molar-refractivity contribution < 1.29 is 0 Å². The molecule has 0 saturated carbocycles. The van der Waals surface area contributed by atoms with Gasteiger partial charge in [-0.25, -0.2) is 0 Å². The maximum Gasteiger partial charge on any atom is 0.0844 e. The molecule has 2 heterocycles. The average molecular weight is 248 g/mol. The first-order valence-corrected chi connectivity index (χ1v) is 7.27. The van der Waals surface area contributed by atoms with Gasteiger partial charge < -0.3 is 5.73 Å². The zero-order chi connectivity index (χ0) is 12.7. The summed E-state index contributed by atoms with van der Waals surface area (Å²) in [5.74, 6) is 0. The normalized spacial score (nSPS) is 28.9. The topological polar surface area (TPSA) is 57.9 Å². The Hall–Kier alpha value is -0.870. The average Bonchev–Trinajstić information content (AvgIpc) is 2.94. The highest BCUT2D eigenvalue weighted by Crippen LogP contribution is 2.39. The number of aryl methyl sites for hydroxylation is 1. The van der Waals surface area contributed by atoms with Crippen LogP contribution >= 0.6 is 0 Å². The summed E-state index contributed by atoms with van der Waals surface area (Å²) in [4.78, 5) is 2.57. The second-order valence-electron chi connectivity index (χ2n) is 5.99. The predicted molar refractivity (Wildman–Crippen MR) is 72.3 cm³/mol. The number of hydrogen-bond acceptors (Lipinski definition) is 3. The van der Waals surface area contributed by atoms with Crippen LogP contribution in [0.5, 0.6) is 0 Å². The maximum atomic E-state index is 6.30. The van der Waals surface area contributed by atoms with Gasteiger partial charge in [-0.15, -0.1) is 0 Å². The minimum Gasteiger partial charge on any atom is -0.324 e. The lowest BCUT2D eigenvalue weighted by Gasteiger charge is -2.29. The van der Waals surface area contributed by atoms with Crippen LogP contribution in [0.25, 0.3) is 0 Å². The van der Waals surface area contributed by atoms with Crippen LogP contribution in [0, 0.1) is 0 Å². The van der Waals surface area contributed by atoms with E-state index in [-0.39, 0.29) is 6.04 Å². The van der Waals surface area contributed by atoms with E-state index in [1.165, 1.54) is 42.8 Å². The number of nitrogens with two attached hydrogens (primary N) is 1. The summed E-state index contributed by atoms with van der Waals surface area (Å²) < 4.78 is 0. The molecule has 1 aliphatic heterocycles. The maximum absolute atomic E-state index is 6.30. The van der Waals surface area contributed by atoms with E-state index in [0.29, 0.717) is 12.1 Å². The number of nitrogens with zero attached hydrogens (tertiary/aromatic N) is 2. The van der Waals surface area contributed by atoms with E-state index in [1.807, 2.05) is 0 Å². The highest BCUT2D eigenvalue weighted by atomic mass is 15.2. The van der Waals surface area contributed by atoms with Crippen molar-refractivity contribution in [1.82, 2.24) is 15.1 Å². The van der Waals surface area contributed by atoms with E-state index in [2.05, 4.69) is 28.9 Å². The van der Waals surface area contributed by atoms with Crippen LogP contribution in [-0.4, -0.2) is 27.7 Å². The molecule has 1 aliphatic carbocycles. The quantitative estimate of drug-likeness (QED) is 0.844. The van der Waals surface area contributed by atoms with E-state index < -0.39 is 0 Å². The van der Waals surface area contributed by atoms with Gasteiger partial charge in [0.15, 0.2) is 0 Å². The summed E-state index contributed by atoms with van der Waals surface area (Å²) in [7, 11) is 0. The number of H-pyrrole nitrogens is 1. The summed E-state index contributed by atoms with van der Waals surface area (Å²) in [5.41, 5.74) is 10.2. The third-order valence-electron chi connectivity index (χ3n) is 4.50. The first-order chi connectivity index (χ1) is 8.68. The molecule has 100 valence electrons. The van der Waals surface area contributed by atoms with Crippen molar-refractivity contribution >= 4 is 0 Å². The molecule has 1 aromatic rings. The van der Waals surface area contributed by atoms with E-state index >= 15 is 0 Å². The van der Waals surface area contributed by atoms with Crippen LogP contribution in [0.2, 0.25) is 0 Å². The van der Waals surface area contributed by atoms with Crippen molar-refractivity contribution in [2.45, 2.75) is 64.1 Å². The van der Waals surface area contributed by atoms with Gasteiger partial charge in [-0.05, 0) is 52.5 Å². The smallest absolute Gasteiger partial charge is 0.0844 e. The fraction of sp³-hybridized carbons (Fsp3) is 0.786. The van der Waals surface area contributed by atoms with E-state index in [9.17, 15) is 0 Å². The summed E-state index contributed by atoms with van der Waals surface area (Å²) in [6.07, 6.45) is 5.91. The van der Waals surface area contributed by atoms with Crippen molar-refractivity contribution in [2.24, 2.45) is 5.73 Å². The largest absolute Gasteiger partial charge is 0.324 e. The minimum atomic E-state index is 0.192. The van der Waals surface area contributed by atoms with Gasteiger partial charge in [-0.1, -0.05) is 0 Å². The SMILES string of the molecule is CC(C)N1CCC[C@@H]1c1n[nH]c2c1[C@@H](N)CCC2. The fourth-order valence-electron chi connectivity index (χ4n) is 3.60. The summed E-state index contributed by atoms with van der Waals surface area (Å²) in [6, 6.07) is 1.26. The zero-order valence-corrected chi connectivity index (χ0v) is 11.4. The van der Waals surface area contributed by atoms with Gasteiger partial charge in [-0.3, -0.25) is 10.00 Å². The van der Waals surface area contributed by atoms with Gasteiger partial charge in [0.1, 0.15) is 0 Å². The van der Waals surface area contributed by atoms with E-state index in [0.717, 1.165) is 12.8 Å². The second kappa shape index (κ2) is 4.67. The number of rotatable bonds is 2. The molecule has 0 amide bonds. The van der Waals surface area contributed by atoms with Gasteiger partial charge in [0, 0.05) is 23.3 Å². The van der Waals surface area contributed by atoms with Crippen molar-refractivity contribution in [3.63, 3.8) is 0 Å². The van der Waals surface area contributed by atoms with Crippen LogP contribution in [0.1, 0.15) is 68.6 Å². The van der Waals surface area contributed by atoms with Crippen molar-refractivity contribution in [3.05, 3.63) is 17.0 Å². The molecular formula is C14H24N4. The summed E-state index contributed by atoms with van der Waals surface area (Å²) in [6.45, 7) is 5.74. The lowest BCUT2D eigenvalue weighted by atomic mass is 9.89. The first kappa shape index (κ1) is 12.2. The Morgan fingerprint density at radius 1 is 1.33 bits per heavy atom. The van der Waals surface area contributed by atoms with Gasteiger partial charge >= 0.3 is 0 Å². The monoisotopic (exact) mass is 248 g/mol. The van der Waals surface area contributed by atoms with Crippen LogP contribution < -0.4 is 5.73 Å². The number of nitrogens with one attached hydrogen (secondary N) is 1. The highest BCUT2D eigenvalue weighted by molar-refractivity contribution is 5.33. The molecule has 1 saturated heterocycles. The lowest BCUT2D eigenvalue weighted by Crippen LogP contribution is -2.31. The molecule has 0 bridgehead atoms. The lowest BCUT2D eigenvalue weighted by molar-refractivity contribution is 0.201. The zero-order valence-electron chi connectivity index (χ0n) is 11.4. The fourth-order valence-corrected chi connectivity index (χ4v) is 3.60. The Balaban J connectivity index is 1.95. The van der Waals surface area contributed by atoms with Crippen LogP contribution in [0.15, 0.2) is 0 Å². The third kappa shape index (κ3) is 1.88. The molecule has 3 rings (SSSR count). The molecule has 18 heavy (non-hydrogen) atoms.